The molecule has 21 heavy (non-hydrogen) atoms. The Morgan fingerprint density at radius 2 is 1.90 bits per heavy atom. The molecular weight excluding hydrogens is 268 g/mol. The van der Waals surface area contributed by atoms with Crippen molar-refractivity contribution in [3.8, 4) is 0 Å². The molecule has 0 bridgehead atoms. The van der Waals surface area contributed by atoms with Gasteiger partial charge < -0.3 is 9.47 Å². The standard InChI is InChI=1S/C17H22O4/c1-4-5-11-20-16(18)13(2)12-14(3)21-17(19)15-9-7-6-8-10-15/h6-10,14H,2,4-5,11-12H2,1,3H3. The van der Waals surface area contributed by atoms with Crippen LogP contribution in [0.5, 0.6) is 0 Å². The van der Waals surface area contributed by atoms with Crippen LogP contribution < -0.4 is 0 Å². The van der Waals surface area contributed by atoms with Crippen LogP contribution >= 0.6 is 0 Å². The molecule has 0 aromatic heterocycles. The zero-order valence-electron chi connectivity index (χ0n) is 12.6. The van der Waals surface area contributed by atoms with Gasteiger partial charge in [0.25, 0.3) is 0 Å². The minimum absolute atomic E-state index is 0.267. The highest BCUT2D eigenvalue weighted by atomic mass is 16.5. The van der Waals surface area contributed by atoms with Gasteiger partial charge in [-0.3, -0.25) is 0 Å². The summed E-state index contributed by atoms with van der Waals surface area (Å²) >= 11 is 0. The van der Waals surface area contributed by atoms with Gasteiger partial charge in [0.2, 0.25) is 0 Å². The molecule has 0 heterocycles. The Morgan fingerprint density at radius 1 is 1.24 bits per heavy atom. The van der Waals surface area contributed by atoms with Crippen molar-refractivity contribution in [2.45, 2.75) is 39.2 Å². The van der Waals surface area contributed by atoms with Crippen molar-refractivity contribution in [3.63, 3.8) is 0 Å². The second kappa shape index (κ2) is 8.95. The van der Waals surface area contributed by atoms with Crippen LogP contribution in [0.2, 0.25) is 0 Å². The molecule has 0 fully saturated rings. The molecule has 1 rings (SSSR count). The van der Waals surface area contributed by atoms with E-state index in [0.29, 0.717) is 17.7 Å². The molecule has 4 heteroatoms. The van der Waals surface area contributed by atoms with E-state index in [-0.39, 0.29) is 6.42 Å². The summed E-state index contributed by atoms with van der Waals surface area (Å²) in [7, 11) is 0. The van der Waals surface area contributed by atoms with E-state index in [1.54, 1.807) is 31.2 Å². The van der Waals surface area contributed by atoms with Gasteiger partial charge >= 0.3 is 11.9 Å². The summed E-state index contributed by atoms with van der Waals surface area (Å²) in [6.07, 6.45) is 1.63. The van der Waals surface area contributed by atoms with Gasteiger partial charge in [0.05, 0.1) is 12.2 Å². The molecule has 0 aliphatic heterocycles. The largest absolute Gasteiger partial charge is 0.462 e. The van der Waals surface area contributed by atoms with Gasteiger partial charge in [0.1, 0.15) is 6.10 Å². The van der Waals surface area contributed by atoms with Crippen molar-refractivity contribution in [1.82, 2.24) is 0 Å². The van der Waals surface area contributed by atoms with Gasteiger partial charge in [-0.2, -0.15) is 0 Å². The van der Waals surface area contributed by atoms with Gasteiger partial charge in [-0.15, -0.1) is 0 Å². The molecule has 0 spiro atoms. The van der Waals surface area contributed by atoms with Gasteiger partial charge in [-0.1, -0.05) is 38.1 Å². The zero-order chi connectivity index (χ0) is 15.7. The van der Waals surface area contributed by atoms with E-state index in [1.807, 2.05) is 13.0 Å². The lowest BCUT2D eigenvalue weighted by molar-refractivity contribution is -0.139. The number of ether oxygens (including phenoxy) is 2. The first-order chi connectivity index (χ1) is 10.0. The van der Waals surface area contributed by atoms with Crippen LogP contribution in [0.1, 0.15) is 43.5 Å². The summed E-state index contributed by atoms with van der Waals surface area (Å²) in [6.45, 7) is 7.83. The molecule has 1 aromatic rings. The minimum Gasteiger partial charge on any atom is -0.462 e. The lowest BCUT2D eigenvalue weighted by atomic mass is 10.1. The Hall–Kier alpha value is -2.10. The summed E-state index contributed by atoms with van der Waals surface area (Å²) in [5.41, 5.74) is 0.806. The van der Waals surface area contributed by atoms with E-state index in [0.717, 1.165) is 12.8 Å². The summed E-state index contributed by atoms with van der Waals surface area (Å²) in [5, 5.41) is 0. The van der Waals surface area contributed by atoms with Crippen LogP contribution in [0.4, 0.5) is 0 Å². The third kappa shape index (κ3) is 6.25. The normalized spacial score (nSPS) is 11.5. The molecule has 0 saturated heterocycles. The topological polar surface area (TPSA) is 52.6 Å². The molecule has 0 N–H and O–H groups in total. The quantitative estimate of drug-likeness (QED) is 0.417. The molecule has 114 valence electrons. The highest BCUT2D eigenvalue weighted by molar-refractivity contribution is 5.90. The summed E-state index contributed by atoms with van der Waals surface area (Å²) in [6, 6.07) is 8.73. The fourth-order valence-corrected chi connectivity index (χ4v) is 1.71. The van der Waals surface area contributed by atoms with Crippen LogP contribution in [0.3, 0.4) is 0 Å². The molecule has 0 aliphatic carbocycles. The lowest BCUT2D eigenvalue weighted by Crippen LogP contribution is -2.18. The fraction of sp³-hybridized carbons (Fsp3) is 0.412. The fourth-order valence-electron chi connectivity index (χ4n) is 1.71. The van der Waals surface area contributed by atoms with E-state index >= 15 is 0 Å². The van der Waals surface area contributed by atoms with Crippen molar-refractivity contribution < 1.29 is 19.1 Å². The summed E-state index contributed by atoms with van der Waals surface area (Å²) in [4.78, 5) is 23.5. The van der Waals surface area contributed by atoms with Crippen molar-refractivity contribution in [2.75, 3.05) is 6.61 Å². The number of carbonyl (C=O) groups excluding carboxylic acids is 2. The average Bonchev–Trinajstić information content (AvgIpc) is 2.48. The molecule has 0 radical (unpaired) electrons. The molecular formula is C17H22O4. The molecule has 4 nitrogen and oxygen atoms in total. The molecule has 0 amide bonds. The first-order valence-electron chi connectivity index (χ1n) is 7.15. The smallest absolute Gasteiger partial charge is 0.338 e. The second-order valence-corrected chi connectivity index (χ2v) is 4.88. The Kier molecular flexibility index (Phi) is 7.23. The summed E-state index contributed by atoms with van der Waals surface area (Å²) < 4.78 is 10.3. The monoisotopic (exact) mass is 290 g/mol. The molecule has 0 saturated carbocycles. The van der Waals surface area contributed by atoms with E-state index in [9.17, 15) is 9.59 Å². The maximum absolute atomic E-state index is 11.8. The van der Waals surface area contributed by atoms with E-state index < -0.39 is 18.0 Å². The van der Waals surface area contributed by atoms with Crippen LogP contribution in [-0.2, 0) is 14.3 Å². The third-order valence-electron chi connectivity index (χ3n) is 2.87. The highest BCUT2D eigenvalue weighted by Gasteiger charge is 2.16. The van der Waals surface area contributed by atoms with Crippen molar-refractivity contribution in [3.05, 3.63) is 48.0 Å². The second-order valence-electron chi connectivity index (χ2n) is 4.88. The van der Waals surface area contributed by atoms with Gasteiger partial charge in [0, 0.05) is 12.0 Å². The minimum atomic E-state index is -0.427. The van der Waals surface area contributed by atoms with Crippen molar-refractivity contribution in [1.29, 1.82) is 0 Å². The zero-order valence-corrected chi connectivity index (χ0v) is 12.6. The molecule has 1 atom stereocenters. The first kappa shape index (κ1) is 17.0. The van der Waals surface area contributed by atoms with E-state index in [1.165, 1.54) is 0 Å². The van der Waals surface area contributed by atoms with Crippen LogP contribution in [-0.4, -0.2) is 24.6 Å². The SMILES string of the molecule is C=C(CC(C)OC(=O)c1ccccc1)C(=O)OCCCC. The number of hydrogen-bond donors (Lipinski definition) is 0. The number of benzene rings is 1. The number of esters is 2. The predicted octanol–water partition coefficient (Wildman–Crippen LogP) is 3.52. The number of rotatable bonds is 8. The number of unbranched alkanes of at least 4 members (excludes halogenated alkanes) is 1. The molecule has 1 aromatic carbocycles. The van der Waals surface area contributed by atoms with Gasteiger partial charge in [0.15, 0.2) is 0 Å². The lowest BCUT2D eigenvalue weighted by Gasteiger charge is -2.14. The maximum Gasteiger partial charge on any atom is 0.338 e. The van der Waals surface area contributed by atoms with Crippen LogP contribution in [0.25, 0.3) is 0 Å². The van der Waals surface area contributed by atoms with E-state index in [4.69, 9.17) is 9.47 Å². The van der Waals surface area contributed by atoms with Crippen LogP contribution in [0, 0.1) is 0 Å². The Labute approximate surface area is 125 Å². The van der Waals surface area contributed by atoms with Crippen LogP contribution in [0.15, 0.2) is 42.5 Å². The number of hydrogen-bond acceptors (Lipinski definition) is 4. The molecule has 0 aliphatic rings. The van der Waals surface area contributed by atoms with E-state index in [2.05, 4.69) is 6.58 Å². The van der Waals surface area contributed by atoms with Crippen molar-refractivity contribution in [2.24, 2.45) is 0 Å². The first-order valence-corrected chi connectivity index (χ1v) is 7.15. The third-order valence-corrected chi connectivity index (χ3v) is 2.87. The van der Waals surface area contributed by atoms with Gasteiger partial charge in [-0.05, 0) is 25.5 Å². The predicted molar refractivity (Wildman–Crippen MR) is 80.9 cm³/mol. The Morgan fingerprint density at radius 3 is 2.52 bits per heavy atom. The average molecular weight is 290 g/mol. The Balaban J connectivity index is 2.39. The molecule has 1 unspecified atom stereocenters. The van der Waals surface area contributed by atoms with Crippen molar-refractivity contribution >= 4 is 11.9 Å². The van der Waals surface area contributed by atoms with Gasteiger partial charge in [-0.25, -0.2) is 9.59 Å². The Bertz CT molecular complexity index is 479. The summed E-state index contributed by atoms with van der Waals surface area (Å²) in [5.74, 6) is -0.832. The number of carbonyl (C=O) groups is 2. The highest BCUT2D eigenvalue weighted by Crippen LogP contribution is 2.11. The maximum atomic E-state index is 11.8.